The Balaban J connectivity index is 1.45. The summed E-state index contributed by atoms with van der Waals surface area (Å²) in [5.41, 5.74) is 1.78. The Morgan fingerprint density at radius 2 is 2.19 bits per heavy atom. The van der Waals surface area contributed by atoms with E-state index in [0.717, 1.165) is 46.1 Å². The van der Waals surface area contributed by atoms with Gasteiger partial charge in [-0.05, 0) is 50.1 Å². The van der Waals surface area contributed by atoms with Crippen molar-refractivity contribution in [3.05, 3.63) is 40.5 Å². The average molecular weight is 388 g/mol. The second kappa shape index (κ2) is 7.17. The summed E-state index contributed by atoms with van der Waals surface area (Å²) in [7, 11) is 0. The molecule has 6 nitrogen and oxygen atoms in total. The SMILES string of the molecule is Cc1nc2ccc(NC(=O)[C@H]3CCCN(c4ccc(Cl)nn4)C3)cc2s1. The van der Waals surface area contributed by atoms with E-state index in [4.69, 9.17) is 11.6 Å². The number of halogens is 1. The Kier molecular flexibility index (Phi) is 4.74. The third-order valence-corrected chi connectivity index (χ3v) is 5.63. The lowest BCUT2D eigenvalue weighted by Crippen LogP contribution is -2.41. The number of aromatic nitrogens is 3. The molecule has 1 amide bonds. The lowest BCUT2D eigenvalue weighted by atomic mass is 9.97. The summed E-state index contributed by atoms with van der Waals surface area (Å²) >= 11 is 7.43. The van der Waals surface area contributed by atoms with E-state index in [1.54, 1.807) is 17.4 Å². The first-order chi connectivity index (χ1) is 12.6. The molecule has 1 aromatic carbocycles. The number of thiazole rings is 1. The lowest BCUT2D eigenvalue weighted by molar-refractivity contribution is -0.120. The minimum absolute atomic E-state index is 0.0391. The Morgan fingerprint density at radius 1 is 1.31 bits per heavy atom. The van der Waals surface area contributed by atoms with Gasteiger partial charge in [0.2, 0.25) is 5.91 Å². The summed E-state index contributed by atoms with van der Waals surface area (Å²) < 4.78 is 1.09. The van der Waals surface area contributed by atoms with Gasteiger partial charge in [-0.15, -0.1) is 21.5 Å². The largest absolute Gasteiger partial charge is 0.354 e. The fourth-order valence-electron chi connectivity index (χ4n) is 3.24. The molecule has 0 radical (unpaired) electrons. The summed E-state index contributed by atoms with van der Waals surface area (Å²) in [4.78, 5) is 19.3. The van der Waals surface area contributed by atoms with Crippen LogP contribution in [0.3, 0.4) is 0 Å². The van der Waals surface area contributed by atoms with Gasteiger partial charge in [-0.1, -0.05) is 11.6 Å². The van der Waals surface area contributed by atoms with Gasteiger partial charge >= 0.3 is 0 Å². The van der Waals surface area contributed by atoms with Gasteiger partial charge in [-0.3, -0.25) is 4.79 Å². The summed E-state index contributed by atoms with van der Waals surface area (Å²) in [6.45, 7) is 3.48. The Labute approximate surface area is 160 Å². The number of carbonyl (C=O) groups is 1. The van der Waals surface area contributed by atoms with Crippen LogP contribution in [0.25, 0.3) is 10.2 Å². The zero-order valence-electron chi connectivity index (χ0n) is 14.3. The quantitative estimate of drug-likeness (QED) is 0.737. The van der Waals surface area contributed by atoms with E-state index in [9.17, 15) is 4.79 Å². The molecule has 0 saturated carbocycles. The molecule has 0 bridgehead atoms. The number of benzene rings is 1. The standard InChI is InChI=1S/C18H18ClN5OS/c1-11-20-14-5-4-13(9-15(14)26-11)21-18(25)12-3-2-8-24(10-12)17-7-6-16(19)22-23-17/h4-7,9,12H,2-3,8,10H2,1H3,(H,21,25)/t12-/m0/s1. The van der Waals surface area contributed by atoms with Crippen LogP contribution < -0.4 is 10.2 Å². The number of nitrogens with zero attached hydrogens (tertiary/aromatic N) is 4. The number of rotatable bonds is 3. The van der Waals surface area contributed by atoms with Crippen molar-refractivity contribution in [2.24, 2.45) is 5.92 Å². The van der Waals surface area contributed by atoms with E-state index in [0.29, 0.717) is 11.7 Å². The third-order valence-electron chi connectivity index (χ3n) is 4.50. The number of amides is 1. The highest BCUT2D eigenvalue weighted by molar-refractivity contribution is 7.18. The van der Waals surface area contributed by atoms with Gasteiger partial charge in [0.1, 0.15) is 0 Å². The maximum absolute atomic E-state index is 12.7. The Morgan fingerprint density at radius 3 is 3.00 bits per heavy atom. The van der Waals surface area contributed by atoms with E-state index in [-0.39, 0.29) is 11.8 Å². The molecule has 134 valence electrons. The van der Waals surface area contributed by atoms with Crippen LogP contribution in [0.4, 0.5) is 11.5 Å². The van der Waals surface area contributed by atoms with Crippen molar-refractivity contribution in [2.75, 3.05) is 23.3 Å². The highest BCUT2D eigenvalue weighted by Gasteiger charge is 2.27. The van der Waals surface area contributed by atoms with Gasteiger partial charge in [-0.25, -0.2) is 4.98 Å². The molecule has 26 heavy (non-hydrogen) atoms. The number of carbonyl (C=O) groups excluding carboxylic acids is 1. The first-order valence-corrected chi connectivity index (χ1v) is 9.70. The van der Waals surface area contributed by atoms with Crippen LogP contribution in [0.2, 0.25) is 5.15 Å². The summed E-state index contributed by atoms with van der Waals surface area (Å²) in [5, 5.41) is 12.5. The molecular formula is C18H18ClN5OS. The van der Waals surface area contributed by atoms with Gasteiger partial charge < -0.3 is 10.2 Å². The van der Waals surface area contributed by atoms with E-state index < -0.39 is 0 Å². The molecule has 0 spiro atoms. The molecule has 1 aliphatic heterocycles. The number of anilines is 2. The highest BCUT2D eigenvalue weighted by Crippen LogP contribution is 2.26. The zero-order chi connectivity index (χ0) is 18.1. The van der Waals surface area contributed by atoms with Crippen LogP contribution in [-0.2, 0) is 4.79 Å². The fourth-order valence-corrected chi connectivity index (χ4v) is 4.21. The predicted octanol–water partition coefficient (Wildman–Crippen LogP) is 3.90. The first-order valence-electron chi connectivity index (χ1n) is 8.51. The minimum atomic E-state index is -0.0832. The van der Waals surface area contributed by atoms with Crippen molar-refractivity contribution in [3.8, 4) is 0 Å². The molecule has 1 saturated heterocycles. The molecular weight excluding hydrogens is 370 g/mol. The number of nitrogens with one attached hydrogen (secondary N) is 1. The van der Waals surface area contributed by atoms with Crippen molar-refractivity contribution < 1.29 is 4.79 Å². The van der Waals surface area contributed by atoms with Crippen molar-refractivity contribution in [3.63, 3.8) is 0 Å². The minimum Gasteiger partial charge on any atom is -0.354 e. The fraction of sp³-hybridized carbons (Fsp3) is 0.333. The second-order valence-corrected chi connectivity index (χ2v) is 8.03. The van der Waals surface area contributed by atoms with Gasteiger partial charge in [0.05, 0.1) is 21.1 Å². The van der Waals surface area contributed by atoms with Gasteiger partial charge in [0, 0.05) is 18.8 Å². The number of piperidine rings is 1. The number of fused-ring (bicyclic) bond motifs is 1. The van der Waals surface area contributed by atoms with Crippen molar-refractivity contribution in [1.29, 1.82) is 0 Å². The van der Waals surface area contributed by atoms with E-state index in [2.05, 4.69) is 25.4 Å². The second-order valence-electron chi connectivity index (χ2n) is 6.40. The first kappa shape index (κ1) is 17.2. The predicted molar refractivity (Wildman–Crippen MR) is 105 cm³/mol. The number of aryl methyl sites for hydroxylation is 1. The zero-order valence-corrected chi connectivity index (χ0v) is 15.8. The van der Waals surface area contributed by atoms with E-state index in [1.165, 1.54) is 0 Å². The monoisotopic (exact) mass is 387 g/mol. The number of hydrogen-bond acceptors (Lipinski definition) is 6. The molecule has 3 heterocycles. The van der Waals surface area contributed by atoms with Crippen LogP contribution in [0.15, 0.2) is 30.3 Å². The smallest absolute Gasteiger partial charge is 0.229 e. The van der Waals surface area contributed by atoms with Crippen LogP contribution in [0.1, 0.15) is 17.8 Å². The molecule has 0 aliphatic carbocycles. The molecule has 0 unspecified atom stereocenters. The molecule has 8 heteroatoms. The summed E-state index contributed by atoms with van der Waals surface area (Å²) in [6.07, 6.45) is 1.81. The molecule has 1 N–H and O–H groups in total. The van der Waals surface area contributed by atoms with Crippen molar-refractivity contribution >= 4 is 50.6 Å². The Bertz CT molecular complexity index is 942. The van der Waals surface area contributed by atoms with E-state index >= 15 is 0 Å². The third kappa shape index (κ3) is 3.64. The molecule has 1 aliphatic rings. The molecule has 1 atom stereocenters. The maximum Gasteiger partial charge on any atom is 0.229 e. The summed E-state index contributed by atoms with van der Waals surface area (Å²) in [5.74, 6) is 0.714. The van der Waals surface area contributed by atoms with Crippen LogP contribution in [0, 0.1) is 12.8 Å². The highest BCUT2D eigenvalue weighted by atomic mass is 35.5. The molecule has 3 aromatic rings. The lowest BCUT2D eigenvalue weighted by Gasteiger charge is -2.32. The normalized spacial score (nSPS) is 17.5. The van der Waals surface area contributed by atoms with Crippen molar-refractivity contribution in [1.82, 2.24) is 15.2 Å². The average Bonchev–Trinajstić information content (AvgIpc) is 3.02. The van der Waals surface area contributed by atoms with E-state index in [1.807, 2.05) is 31.2 Å². The molecule has 4 rings (SSSR count). The van der Waals surface area contributed by atoms with Gasteiger partial charge in [0.25, 0.3) is 0 Å². The van der Waals surface area contributed by atoms with Crippen LogP contribution in [-0.4, -0.2) is 34.2 Å². The summed E-state index contributed by atoms with van der Waals surface area (Å²) in [6, 6.07) is 9.41. The van der Waals surface area contributed by atoms with Crippen molar-refractivity contribution in [2.45, 2.75) is 19.8 Å². The number of hydrogen-bond donors (Lipinski definition) is 1. The van der Waals surface area contributed by atoms with Crippen LogP contribution >= 0.6 is 22.9 Å². The van der Waals surface area contributed by atoms with Crippen LogP contribution in [0.5, 0.6) is 0 Å². The molecule has 1 fully saturated rings. The maximum atomic E-state index is 12.7. The van der Waals surface area contributed by atoms with Gasteiger partial charge in [0.15, 0.2) is 11.0 Å². The molecule has 2 aromatic heterocycles. The van der Waals surface area contributed by atoms with Gasteiger partial charge in [-0.2, -0.15) is 0 Å². The Hall–Kier alpha value is -2.25. The topological polar surface area (TPSA) is 71.0 Å².